The lowest BCUT2D eigenvalue weighted by Crippen LogP contribution is -2.45. The van der Waals surface area contributed by atoms with Crippen molar-refractivity contribution >= 4 is 12.0 Å². The fourth-order valence-corrected chi connectivity index (χ4v) is 3.44. The molecule has 2 fully saturated rings. The Hall–Kier alpha value is -2.18. The van der Waals surface area contributed by atoms with Gasteiger partial charge in [-0.25, -0.2) is 13.6 Å². The molecular formula is C18H22F2N2O3. The maximum absolute atomic E-state index is 13.7. The van der Waals surface area contributed by atoms with Crippen LogP contribution >= 0.6 is 0 Å². The summed E-state index contributed by atoms with van der Waals surface area (Å²) in [6.45, 7) is 2.13. The zero-order valence-electron chi connectivity index (χ0n) is 14.0. The van der Waals surface area contributed by atoms with E-state index in [1.54, 1.807) is 4.90 Å². The van der Waals surface area contributed by atoms with Gasteiger partial charge in [0.2, 0.25) is 5.91 Å². The van der Waals surface area contributed by atoms with Gasteiger partial charge in [-0.3, -0.25) is 9.69 Å². The van der Waals surface area contributed by atoms with Gasteiger partial charge in [0.05, 0.1) is 6.54 Å². The minimum atomic E-state index is -0.573. The van der Waals surface area contributed by atoms with Crippen molar-refractivity contribution in [1.29, 1.82) is 0 Å². The molecule has 1 unspecified atom stereocenters. The Kier molecular flexibility index (Phi) is 5.50. The highest BCUT2D eigenvalue weighted by molar-refractivity contribution is 5.83. The first-order valence-electron chi connectivity index (χ1n) is 8.66. The van der Waals surface area contributed by atoms with Crippen molar-refractivity contribution in [3.63, 3.8) is 0 Å². The normalized spacial score (nSPS) is 20.7. The van der Waals surface area contributed by atoms with Crippen LogP contribution in [0, 0.1) is 17.6 Å². The molecule has 0 aliphatic carbocycles. The Labute approximate surface area is 145 Å². The summed E-state index contributed by atoms with van der Waals surface area (Å²) in [5.74, 6) is -0.878. The number of halogens is 2. The van der Waals surface area contributed by atoms with Crippen molar-refractivity contribution in [2.24, 2.45) is 5.92 Å². The summed E-state index contributed by atoms with van der Waals surface area (Å²) in [4.78, 5) is 27.0. The third-order valence-corrected chi connectivity index (χ3v) is 4.88. The van der Waals surface area contributed by atoms with E-state index in [0.717, 1.165) is 25.3 Å². The van der Waals surface area contributed by atoms with Crippen molar-refractivity contribution < 1.29 is 23.1 Å². The molecule has 2 heterocycles. The summed E-state index contributed by atoms with van der Waals surface area (Å²) >= 11 is 0. The maximum atomic E-state index is 13.7. The molecule has 2 aliphatic heterocycles. The Morgan fingerprint density at radius 1 is 1.28 bits per heavy atom. The molecule has 0 aromatic heterocycles. The first kappa shape index (κ1) is 17.6. The molecular weight excluding hydrogens is 330 g/mol. The molecule has 1 aromatic rings. The van der Waals surface area contributed by atoms with Gasteiger partial charge in [-0.1, -0.05) is 6.07 Å². The zero-order chi connectivity index (χ0) is 17.8. The zero-order valence-corrected chi connectivity index (χ0v) is 14.0. The molecule has 0 N–H and O–H groups in total. The number of carbonyl (C=O) groups is 2. The second-order valence-corrected chi connectivity index (χ2v) is 6.66. The lowest BCUT2D eigenvalue weighted by molar-refractivity contribution is -0.133. The van der Waals surface area contributed by atoms with E-state index in [1.807, 2.05) is 0 Å². The molecule has 3 rings (SSSR count). The molecule has 2 aliphatic rings. The lowest BCUT2D eigenvalue weighted by atomic mass is 9.91. The quantitative estimate of drug-likeness (QED) is 0.818. The SMILES string of the molecule is O=C(CN1CCOC1=O)N1CCCC(CCc2ccc(F)cc2F)C1. The van der Waals surface area contributed by atoms with Crippen LogP contribution in [0.2, 0.25) is 0 Å². The predicted molar refractivity (Wildman–Crippen MR) is 86.9 cm³/mol. The lowest BCUT2D eigenvalue weighted by Gasteiger charge is -2.33. The average Bonchev–Trinajstić information content (AvgIpc) is 2.99. The van der Waals surface area contributed by atoms with Crippen molar-refractivity contribution in [3.05, 3.63) is 35.4 Å². The number of cyclic esters (lactones) is 1. The number of amides is 2. The number of hydrogen-bond acceptors (Lipinski definition) is 3. The van der Waals surface area contributed by atoms with E-state index in [9.17, 15) is 18.4 Å². The van der Waals surface area contributed by atoms with Crippen LogP contribution in [-0.4, -0.2) is 54.6 Å². The fourth-order valence-electron chi connectivity index (χ4n) is 3.44. The summed E-state index contributed by atoms with van der Waals surface area (Å²) in [6, 6.07) is 3.65. The van der Waals surface area contributed by atoms with Gasteiger partial charge in [-0.15, -0.1) is 0 Å². The third kappa shape index (κ3) is 4.46. The number of likely N-dealkylation sites (tertiary alicyclic amines) is 1. The van der Waals surface area contributed by atoms with E-state index in [0.29, 0.717) is 38.2 Å². The molecule has 2 amide bonds. The number of rotatable bonds is 5. The third-order valence-electron chi connectivity index (χ3n) is 4.88. The predicted octanol–water partition coefficient (Wildman–Crippen LogP) is 2.59. The maximum Gasteiger partial charge on any atom is 0.410 e. The molecule has 7 heteroatoms. The Balaban J connectivity index is 1.50. The van der Waals surface area contributed by atoms with Crippen LogP contribution in [0.3, 0.4) is 0 Å². The fraction of sp³-hybridized carbons (Fsp3) is 0.556. The number of ether oxygens (including phenoxy) is 1. The summed E-state index contributed by atoms with van der Waals surface area (Å²) < 4.78 is 31.5. The number of benzene rings is 1. The molecule has 0 bridgehead atoms. The van der Waals surface area contributed by atoms with E-state index in [1.165, 1.54) is 17.0 Å². The first-order chi connectivity index (χ1) is 12.0. The van der Waals surface area contributed by atoms with Crippen LogP contribution in [0.4, 0.5) is 13.6 Å². The van der Waals surface area contributed by atoms with Gasteiger partial charge in [0.25, 0.3) is 0 Å². The number of nitrogens with zero attached hydrogens (tertiary/aromatic N) is 2. The molecule has 0 saturated carbocycles. The number of piperidine rings is 1. The molecule has 1 atom stereocenters. The highest BCUT2D eigenvalue weighted by atomic mass is 19.1. The van der Waals surface area contributed by atoms with Crippen molar-refractivity contribution in [1.82, 2.24) is 9.80 Å². The first-order valence-corrected chi connectivity index (χ1v) is 8.66. The van der Waals surface area contributed by atoms with Gasteiger partial charge in [0.1, 0.15) is 24.8 Å². The van der Waals surface area contributed by atoms with Gasteiger partial charge in [-0.2, -0.15) is 0 Å². The van der Waals surface area contributed by atoms with Crippen LogP contribution in [0.25, 0.3) is 0 Å². The van der Waals surface area contributed by atoms with Crippen LogP contribution < -0.4 is 0 Å². The number of hydrogen-bond donors (Lipinski definition) is 0. The summed E-state index contributed by atoms with van der Waals surface area (Å²) in [6.07, 6.45) is 2.72. The molecule has 136 valence electrons. The van der Waals surface area contributed by atoms with Crippen LogP contribution in [0.5, 0.6) is 0 Å². The summed E-state index contributed by atoms with van der Waals surface area (Å²) in [7, 11) is 0. The van der Waals surface area contributed by atoms with Gasteiger partial charge in [0, 0.05) is 19.2 Å². The highest BCUT2D eigenvalue weighted by Crippen LogP contribution is 2.23. The Morgan fingerprint density at radius 2 is 2.12 bits per heavy atom. The van der Waals surface area contributed by atoms with Crippen LogP contribution in [0.15, 0.2) is 18.2 Å². The Bertz CT molecular complexity index is 653. The summed E-state index contributed by atoms with van der Waals surface area (Å²) in [5.41, 5.74) is 0.504. The van der Waals surface area contributed by atoms with E-state index >= 15 is 0 Å². The Morgan fingerprint density at radius 3 is 2.84 bits per heavy atom. The molecule has 2 saturated heterocycles. The molecule has 0 spiro atoms. The van der Waals surface area contributed by atoms with Crippen LogP contribution in [-0.2, 0) is 16.0 Å². The highest BCUT2D eigenvalue weighted by Gasteiger charge is 2.29. The number of aryl methyl sites for hydroxylation is 1. The molecule has 5 nitrogen and oxygen atoms in total. The van der Waals surface area contributed by atoms with E-state index in [-0.39, 0.29) is 18.4 Å². The minimum Gasteiger partial charge on any atom is -0.448 e. The van der Waals surface area contributed by atoms with Crippen molar-refractivity contribution in [2.45, 2.75) is 25.7 Å². The monoisotopic (exact) mass is 352 g/mol. The smallest absolute Gasteiger partial charge is 0.410 e. The van der Waals surface area contributed by atoms with Gasteiger partial charge < -0.3 is 9.64 Å². The molecule has 25 heavy (non-hydrogen) atoms. The second-order valence-electron chi connectivity index (χ2n) is 6.66. The summed E-state index contributed by atoms with van der Waals surface area (Å²) in [5, 5.41) is 0. The van der Waals surface area contributed by atoms with Gasteiger partial charge in [0.15, 0.2) is 0 Å². The molecule has 0 radical (unpaired) electrons. The second kappa shape index (κ2) is 7.80. The van der Waals surface area contributed by atoms with E-state index in [4.69, 9.17) is 4.74 Å². The van der Waals surface area contributed by atoms with Crippen molar-refractivity contribution in [3.8, 4) is 0 Å². The largest absolute Gasteiger partial charge is 0.448 e. The van der Waals surface area contributed by atoms with Gasteiger partial charge in [-0.05, 0) is 43.2 Å². The minimum absolute atomic E-state index is 0.0537. The van der Waals surface area contributed by atoms with Gasteiger partial charge >= 0.3 is 6.09 Å². The topological polar surface area (TPSA) is 49.9 Å². The standard InChI is InChI=1S/C18H22F2N2O3/c19-15-6-5-14(16(20)10-15)4-3-13-2-1-7-21(11-13)17(23)12-22-8-9-25-18(22)24/h5-6,10,13H,1-4,7-9,11-12H2. The van der Waals surface area contributed by atoms with Crippen molar-refractivity contribution in [2.75, 3.05) is 32.8 Å². The number of carbonyl (C=O) groups excluding carboxylic acids is 2. The average molecular weight is 352 g/mol. The molecule has 1 aromatic carbocycles. The van der Waals surface area contributed by atoms with E-state index < -0.39 is 17.7 Å². The van der Waals surface area contributed by atoms with E-state index in [2.05, 4.69) is 0 Å². The van der Waals surface area contributed by atoms with Crippen LogP contribution in [0.1, 0.15) is 24.8 Å².